The van der Waals surface area contributed by atoms with E-state index in [-0.39, 0.29) is 5.91 Å². The summed E-state index contributed by atoms with van der Waals surface area (Å²) in [6.45, 7) is 1.61. The first-order valence-corrected chi connectivity index (χ1v) is 8.27. The summed E-state index contributed by atoms with van der Waals surface area (Å²) in [6.07, 6.45) is 2.67. The molecule has 3 N–H and O–H groups in total. The lowest BCUT2D eigenvalue weighted by Crippen LogP contribution is -2.36. The van der Waals surface area contributed by atoms with E-state index >= 15 is 0 Å². The van der Waals surface area contributed by atoms with Gasteiger partial charge < -0.3 is 20.5 Å². The van der Waals surface area contributed by atoms with E-state index in [0.29, 0.717) is 26.2 Å². The highest BCUT2D eigenvalue weighted by Crippen LogP contribution is 2.12. The van der Waals surface area contributed by atoms with Crippen LogP contribution in [0.1, 0.15) is 12.0 Å². The van der Waals surface area contributed by atoms with Crippen molar-refractivity contribution >= 4 is 23.4 Å². The van der Waals surface area contributed by atoms with Crippen LogP contribution >= 0.6 is 11.8 Å². The fourth-order valence-corrected chi connectivity index (χ4v) is 2.17. The minimum absolute atomic E-state index is 0.151. The number of carbonyl (C=O) groups is 1. The number of thioether (sulfide) groups is 1. The first kappa shape index (κ1) is 18.0. The summed E-state index contributed by atoms with van der Waals surface area (Å²) >= 11 is 1.68. The van der Waals surface area contributed by atoms with Crippen LogP contribution in [-0.2, 0) is 20.9 Å². The predicted molar refractivity (Wildman–Crippen MR) is 87.6 cm³/mol. The quantitative estimate of drug-likeness (QED) is 0.645. The molecule has 1 rings (SSSR count). The van der Waals surface area contributed by atoms with Crippen molar-refractivity contribution in [1.29, 1.82) is 0 Å². The van der Waals surface area contributed by atoms with Gasteiger partial charge in [-0.15, -0.1) is 0 Å². The molecule has 6 heteroatoms. The Morgan fingerprint density at radius 2 is 2.24 bits per heavy atom. The molecule has 21 heavy (non-hydrogen) atoms. The fourth-order valence-electron chi connectivity index (χ4n) is 1.68. The number of hydrogen-bond donors (Lipinski definition) is 2. The molecule has 0 aromatic heterocycles. The van der Waals surface area contributed by atoms with E-state index in [0.717, 1.165) is 17.0 Å². The molecule has 118 valence electrons. The minimum Gasteiger partial charge on any atom is -0.382 e. The smallest absolute Gasteiger partial charge is 0.241 e. The SMILES string of the molecule is COCCOCc1cccc(NC(=O)[C@H](N)CCSC)c1. The number of anilines is 1. The Bertz CT molecular complexity index is 429. The molecule has 0 saturated heterocycles. The van der Waals surface area contributed by atoms with Crippen LogP contribution in [0.5, 0.6) is 0 Å². The Balaban J connectivity index is 2.46. The second-order valence-electron chi connectivity index (χ2n) is 4.62. The van der Waals surface area contributed by atoms with Crippen molar-refractivity contribution in [3.8, 4) is 0 Å². The van der Waals surface area contributed by atoms with Crippen LogP contribution in [0.2, 0.25) is 0 Å². The van der Waals surface area contributed by atoms with E-state index in [1.807, 2.05) is 30.5 Å². The maximum atomic E-state index is 11.9. The Hall–Kier alpha value is -1.08. The number of rotatable bonds is 10. The van der Waals surface area contributed by atoms with Gasteiger partial charge in [-0.1, -0.05) is 12.1 Å². The summed E-state index contributed by atoms with van der Waals surface area (Å²) in [5.41, 5.74) is 7.58. The fraction of sp³-hybridized carbons (Fsp3) is 0.533. The van der Waals surface area contributed by atoms with Crippen LogP contribution in [0.25, 0.3) is 0 Å². The van der Waals surface area contributed by atoms with Crippen LogP contribution < -0.4 is 11.1 Å². The van der Waals surface area contributed by atoms with Crippen molar-refractivity contribution < 1.29 is 14.3 Å². The Kier molecular flexibility index (Phi) is 9.09. The maximum Gasteiger partial charge on any atom is 0.241 e. The van der Waals surface area contributed by atoms with Crippen LogP contribution in [-0.4, -0.2) is 44.3 Å². The van der Waals surface area contributed by atoms with Crippen LogP contribution in [0.4, 0.5) is 5.69 Å². The maximum absolute atomic E-state index is 11.9. The summed E-state index contributed by atoms with van der Waals surface area (Å²) in [4.78, 5) is 11.9. The van der Waals surface area contributed by atoms with E-state index in [1.165, 1.54) is 0 Å². The van der Waals surface area contributed by atoms with Gasteiger partial charge in [0.1, 0.15) is 0 Å². The predicted octanol–water partition coefficient (Wildman–Crippen LogP) is 1.87. The summed E-state index contributed by atoms with van der Waals surface area (Å²) in [5.74, 6) is 0.726. The van der Waals surface area contributed by atoms with Crippen LogP contribution in [0.15, 0.2) is 24.3 Å². The molecule has 0 heterocycles. The topological polar surface area (TPSA) is 73.6 Å². The van der Waals surface area contributed by atoms with Crippen molar-refractivity contribution in [1.82, 2.24) is 0 Å². The molecule has 0 aliphatic rings. The number of carbonyl (C=O) groups excluding carboxylic acids is 1. The molecular weight excluding hydrogens is 288 g/mol. The molecule has 0 aliphatic carbocycles. The molecule has 0 bridgehead atoms. The monoisotopic (exact) mass is 312 g/mol. The standard InChI is InChI=1S/C15H24N2O3S/c1-19-7-8-20-11-12-4-3-5-13(10-12)17-15(18)14(16)6-9-21-2/h3-5,10,14H,6-9,11,16H2,1-2H3,(H,17,18)/t14-/m1/s1. The highest BCUT2D eigenvalue weighted by molar-refractivity contribution is 7.98. The Morgan fingerprint density at radius 3 is 2.95 bits per heavy atom. The Morgan fingerprint density at radius 1 is 1.43 bits per heavy atom. The molecule has 0 unspecified atom stereocenters. The molecule has 1 amide bonds. The molecule has 1 atom stereocenters. The second-order valence-corrected chi connectivity index (χ2v) is 5.61. The lowest BCUT2D eigenvalue weighted by Gasteiger charge is -2.12. The van der Waals surface area contributed by atoms with Crippen molar-refractivity contribution in [2.45, 2.75) is 19.1 Å². The van der Waals surface area contributed by atoms with Gasteiger partial charge in [-0.2, -0.15) is 11.8 Å². The molecule has 0 fully saturated rings. The van der Waals surface area contributed by atoms with Gasteiger partial charge in [0, 0.05) is 12.8 Å². The zero-order chi connectivity index (χ0) is 15.5. The highest BCUT2D eigenvalue weighted by Gasteiger charge is 2.12. The van der Waals surface area contributed by atoms with Gasteiger partial charge in [0.05, 0.1) is 25.9 Å². The minimum atomic E-state index is -0.473. The van der Waals surface area contributed by atoms with E-state index < -0.39 is 6.04 Å². The zero-order valence-corrected chi connectivity index (χ0v) is 13.4. The number of hydrogen-bond acceptors (Lipinski definition) is 5. The average Bonchev–Trinajstić information content (AvgIpc) is 2.49. The van der Waals surface area contributed by atoms with Gasteiger partial charge >= 0.3 is 0 Å². The zero-order valence-electron chi connectivity index (χ0n) is 12.6. The van der Waals surface area contributed by atoms with Gasteiger partial charge in [0.15, 0.2) is 0 Å². The summed E-state index contributed by atoms with van der Waals surface area (Å²) in [5, 5.41) is 2.84. The number of amides is 1. The summed E-state index contributed by atoms with van der Waals surface area (Å²) in [7, 11) is 1.64. The summed E-state index contributed by atoms with van der Waals surface area (Å²) < 4.78 is 10.4. The van der Waals surface area contributed by atoms with E-state index in [2.05, 4.69) is 5.32 Å². The van der Waals surface area contributed by atoms with Crippen molar-refractivity contribution in [3.05, 3.63) is 29.8 Å². The lowest BCUT2D eigenvalue weighted by molar-refractivity contribution is -0.117. The lowest BCUT2D eigenvalue weighted by atomic mass is 10.2. The van der Waals surface area contributed by atoms with Gasteiger partial charge in [-0.3, -0.25) is 4.79 Å². The molecule has 5 nitrogen and oxygen atoms in total. The van der Waals surface area contributed by atoms with Crippen molar-refractivity contribution in [3.63, 3.8) is 0 Å². The second kappa shape index (κ2) is 10.6. The van der Waals surface area contributed by atoms with Crippen LogP contribution in [0.3, 0.4) is 0 Å². The number of ether oxygens (including phenoxy) is 2. The first-order chi connectivity index (χ1) is 10.2. The number of methoxy groups -OCH3 is 1. The van der Waals surface area contributed by atoms with Gasteiger partial charge in [-0.05, 0) is 36.1 Å². The molecule has 0 radical (unpaired) electrons. The van der Waals surface area contributed by atoms with Crippen LogP contribution in [0, 0.1) is 0 Å². The third kappa shape index (κ3) is 7.47. The third-order valence-electron chi connectivity index (χ3n) is 2.86. The average molecular weight is 312 g/mol. The van der Waals surface area contributed by atoms with Gasteiger partial charge in [0.2, 0.25) is 5.91 Å². The molecule has 1 aromatic rings. The molecular formula is C15H24N2O3S. The summed E-state index contributed by atoms with van der Waals surface area (Å²) in [6, 6.07) is 7.11. The number of nitrogens with one attached hydrogen (secondary N) is 1. The van der Waals surface area contributed by atoms with E-state index in [9.17, 15) is 4.79 Å². The van der Waals surface area contributed by atoms with Gasteiger partial charge in [-0.25, -0.2) is 0 Å². The molecule has 0 saturated carbocycles. The van der Waals surface area contributed by atoms with Gasteiger partial charge in [0.25, 0.3) is 0 Å². The normalized spacial score (nSPS) is 12.1. The highest BCUT2D eigenvalue weighted by atomic mass is 32.2. The molecule has 0 spiro atoms. The number of benzene rings is 1. The largest absolute Gasteiger partial charge is 0.382 e. The Labute approximate surface area is 130 Å². The van der Waals surface area contributed by atoms with E-state index in [4.69, 9.17) is 15.2 Å². The first-order valence-electron chi connectivity index (χ1n) is 6.88. The molecule has 0 aliphatic heterocycles. The third-order valence-corrected chi connectivity index (χ3v) is 3.51. The molecule has 1 aromatic carbocycles. The van der Waals surface area contributed by atoms with Crippen molar-refractivity contribution in [2.75, 3.05) is 37.6 Å². The number of nitrogens with two attached hydrogens (primary N) is 1. The van der Waals surface area contributed by atoms with Crippen molar-refractivity contribution in [2.24, 2.45) is 5.73 Å². The van der Waals surface area contributed by atoms with E-state index in [1.54, 1.807) is 18.9 Å².